The van der Waals surface area contributed by atoms with E-state index in [2.05, 4.69) is 19.2 Å². The Labute approximate surface area is 121 Å². The number of likely N-dealkylation sites (tertiary alicyclic amines) is 1. The van der Waals surface area contributed by atoms with Crippen LogP contribution >= 0.6 is 0 Å². The third kappa shape index (κ3) is 4.12. The van der Waals surface area contributed by atoms with Crippen LogP contribution in [0.15, 0.2) is 0 Å². The largest absolute Gasteiger partial charge is 0.481 e. The highest BCUT2D eigenvalue weighted by molar-refractivity contribution is 5.76. The lowest BCUT2D eigenvalue weighted by Crippen LogP contribution is -2.42. The standard InChI is InChI=1S/C15H28N2O3/c1-4-7-12(13(18)19)10-16-14(20)17-9-8-15(5-2,6-3)11-17/h12H,4-11H2,1-3H3,(H,16,20)(H,18,19). The van der Waals surface area contributed by atoms with Crippen LogP contribution in [-0.4, -0.2) is 41.6 Å². The summed E-state index contributed by atoms with van der Waals surface area (Å²) in [6, 6.07) is -0.115. The van der Waals surface area contributed by atoms with Crippen LogP contribution in [0.25, 0.3) is 0 Å². The predicted octanol–water partition coefficient (Wildman–Crippen LogP) is 2.71. The summed E-state index contributed by atoms with van der Waals surface area (Å²) in [6.07, 6.45) is 4.63. The van der Waals surface area contributed by atoms with Crippen LogP contribution in [0.5, 0.6) is 0 Å². The fraction of sp³-hybridized carbons (Fsp3) is 0.867. The SMILES string of the molecule is CCCC(CNC(=O)N1CCC(CC)(CC)C1)C(=O)O. The van der Waals surface area contributed by atoms with Gasteiger partial charge in [0.25, 0.3) is 0 Å². The summed E-state index contributed by atoms with van der Waals surface area (Å²) in [5.41, 5.74) is 0.257. The van der Waals surface area contributed by atoms with E-state index in [-0.39, 0.29) is 18.0 Å². The first-order valence-corrected chi connectivity index (χ1v) is 7.73. The molecule has 1 atom stereocenters. The number of amides is 2. The Bertz CT molecular complexity index is 340. The van der Waals surface area contributed by atoms with Gasteiger partial charge in [-0.2, -0.15) is 0 Å². The molecule has 20 heavy (non-hydrogen) atoms. The van der Waals surface area contributed by atoms with Crippen LogP contribution < -0.4 is 5.32 Å². The molecule has 0 aromatic heterocycles. The molecule has 0 bridgehead atoms. The molecular formula is C15H28N2O3. The van der Waals surface area contributed by atoms with Gasteiger partial charge < -0.3 is 15.3 Å². The van der Waals surface area contributed by atoms with E-state index in [1.807, 2.05) is 11.8 Å². The van der Waals surface area contributed by atoms with E-state index in [1.165, 1.54) is 0 Å². The molecule has 1 fully saturated rings. The van der Waals surface area contributed by atoms with Gasteiger partial charge in [-0.3, -0.25) is 4.79 Å². The number of carboxylic acids is 1. The summed E-state index contributed by atoms with van der Waals surface area (Å²) in [6.45, 7) is 8.09. The number of nitrogens with one attached hydrogen (secondary N) is 1. The van der Waals surface area contributed by atoms with E-state index in [0.717, 1.165) is 38.8 Å². The van der Waals surface area contributed by atoms with E-state index in [4.69, 9.17) is 5.11 Å². The summed E-state index contributed by atoms with van der Waals surface area (Å²) >= 11 is 0. The molecule has 0 spiro atoms. The Hall–Kier alpha value is -1.26. The number of carbonyl (C=O) groups excluding carboxylic acids is 1. The van der Waals surface area contributed by atoms with Gasteiger partial charge in [0, 0.05) is 19.6 Å². The van der Waals surface area contributed by atoms with Crippen molar-refractivity contribution in [2.24, 2.45) is 11.3 Å². The number of rotatable bonds is 7. The number of nitrogens with zero attached hydrogens (tertiary/aromatic N) is 1. The molecule has 116 valence electrons. The molecule has 2 amide bonds. The van der Waals surface area contributed by atoms with Crippen molar-refractivity contribution >= 4 is 12.0 Å². The van der Waals surface area contributed by atoms with Gasteiger partial charge in [-0.1, -0.05) is 27.2 Å². The zero-order chi connectivity index (χ0) is 15.2. The Kier molecular flexibility index (Phi) is 6.30. The number of hydrogen-bond donors (Lipinski definition) is 2. The smallest absolute Gasteiger partial charge is 0.317 e. The molecule has 5 nitrogen and oxygen atoms in total. The van der Waals surface area contributed by atoms with E-state index < -0.39 is 11.9 Å². The number of carbonyl (C=O) groups is 2. The lowest BCUT2D eigenvalue weighted by atomic mass is 9.82. The summed E-state index contributed by atoms with van der Waals surface area (Å²) in [5.74, 6) is -1.31. The maximum Gasteiger partial charge on any atom is 0.317 e. The molecule has 1 rings (SSSR count). The van der Waals surface area contributed by atoms with Gasteiger partial charge in [-0.15, -0.1) is 0 Å². The van der Waals surface area contributed by atoms with Crippen LogP contribution in [0.1, 0.15) is 52.9 Å². The van der Waals surface area contributed by atoms with E-state index >= 15 is 0 Å². The molecule has 0 aromatic rings. The summed E-state index contributed by atoms with van der Waals surface area (Å²) in [7, 11) is 0. The summed E-state index contributed by atoms with van der Waals surface area (Å²) in [4.78, 5) is 25.0. The normalized spacial score (nSPS) is 18.9. The molecule has 0 aromatic carbocycles. The molecular weight excluding hydrogens is 256 g/mol. The van der Waals surface area contributed by atoms with E-state index in [1.54, 1.807) is 0 Å². The Morgan fingerprint density at radius 3 is 2.40 bits per heavy atom. The zero-order valence-corrected chi connectivity index (χ0v) is 12.9. The van der Waals surface area contributed by atoms with Gasteiger partial charge in [0.1, 0.15) is 0 Å². The van der Waals surface area contributed by atoms with Crippen molar-refractivity contribution in [3.05, 3.63) is 0 Å². The Morgan fingerprint density at radius 1 is 1.30 bits per heavy atom. The molecule has 1 aliphatic rings. The topological polar surface area (TPSA) is 69.6 Å². The van der Waals surface area contributed by atoms with Crippen LogP contribution in [-0.2, 0) is 4.79 Å². The highest BCUT2D eigenvalue weighted by atomic mass is 16.4. The monoisotopic (exact) mass is 284 g/mol. The van der Waals surface area contributed by atoms with Crippen molar-refractivity contribution in [2.75, 3.05) is 19.6 Å². The number of urea groups is 1. The van der Waals surface area contributed by atoms with Crippen LogP contribution in [0.3, 0.4) is 0 Å². The van der Waals surface area contributed by atoms with Crippen LogP contribution in [0.2, 0.25) is 0 Å². The summed E-state index contributed by atoms with van der Waals surface area (Å²) < 4.78 is 0. The maximum atomic E-state index is 12.1. The lowest BCUT2D eigenvalue weighted by molar-refractivity contribution is -0.141. The molecule has 1 aliphatic heterocycles. The Balaban J connectivity index is 2.46. The van der Waals surface area contributed by atoms with Crippen molar-refractivity contribution in [3.63, 3.8) is 0 Å². The second kappa shape index (κ2) is 7.50. The number of carboxylic acid groups (broad SMARTS) is 1. The molecule has 1 unspecified atom stereocenters. The zero-order valence-electron chi connectivity index (χ0n) is 12.9. The van der Waals surface area contributed by atoms with Crippen molar-refractivity contribution in [2.45, 2.75) is 52.9 Å². The number of aliphatic carboxylic acids is 1. The second-order valence-electron chi connectivity index (χ2n) is 5.89. The summed E-state index contributed by atoms with van der Waals surface area (Å²) in [5, 5.41) is 11.9. The minimum Gasteiger partial charge on any atom is -0.481 e. The molecule has 2 N–H and O–H groups in total. The number of hydrogen-bond acceptors (Lipinski definition) is 2. The first-order valence-electron chi connectivity index (χ1n) is 7.73. The van der Waals surface area contributed by atoms with Crippen molar-refractivity contribution in [3.8, 4) is 0 Å². The van der Waals surface area contributed by atoms with Gasteiger partial charge in [0.2, 0.25) is 0 Å². The average molecular weight is 284 g/mol. The molecule has 0 saturated carbocycles. The highest BCUT2D eigenvalue weighted by Crippen LogP contribution is 2.36. The minimum atomic E-state index is -0.829. The third-order valence-corrected chi connectivity index (χ3v) is 4.71. The van der Waals surface area contributed by atoms with Crippen LogP contribution in [0.4, 0.5) is 4.79 Å². The van der Waals surface area contributed by atoms with Crippen molar-refractivity contribution < 1.29 is 14.7 Å². The van der Waals surface area contributed by atoms with E-state index in [0.29, 0.717) is 6.42 Å². The van der Waals surface area contributed by atoms with Crippen LogP contribution in [0, 0.1) is 11.3 Å². The van der Waals surface area contributed by atoms with Gasteiger partial charge in [0.05, 0.1) is 5.92 Å². The molecule has 5 heteroatoms. The van der Waals surface area contributed by atoms with E-state index in [9.17, 15) is 9.59 Å². The third-order valence-electron chi connectivity index (χ3n) is 4.71. The minimum absolute atomic E-state index is 0.115. The second-order valence-corrected chi connectivity index (χ2v) is 5.89. The predicted molar refractivity (Wildman–Crippen MR) is 78.6 cm³/mol. The molecule has 1 saturated heterocycles. The quantitative estimate of drug-likeness (QED) is 0.755. The maximum absolute atomic E-state index is 12.1. The Morgan fingerprint density at radius 2 is 1.95 bits per heavy atom. The van der Waals surface area contributed by atoms with Crippen molar-refractivity contribution in [1.29, 1.82) is 0 Å². The first kappa shape index (κ1) is 16.8. The average Bonchev–Trinajstić information content (AvgIpc) is 2.88. The molecule has 1 heterocycles. The van der Waals surface area contributed by atoms with Gasteiger partial charge in [-0.25, -0.2) is 4.79 Å². The van der Waals surface area contributed by atoms with Gasteiger partial charge in [-0.05, 0) is 31.1 Å². The fourth-order valence-electron chi connectivity index (χ4n) is 2.92. The van der Waals surface area contributed by atoms with Gasteiger partial charge in [0.15, 0.2) is 0 Å². The first-order chi connectivity index (χ1) is 9.48. The van der Waals surface area contributed by atoms with Crippen molar-refractivity contribution in [1.82, 2.24) is 10.2 Å². The lowest BCUT2D eigenvalue weighted by Gasteiger charge is -2.26. The fourth-order valence-corrected chi connectivity index (χ4v) is 2.92. The molecule has 0 radical (unpaired) electrons. The highest BCUT2D eigenvalue weighted by Gasteiger charge is 2.37. The molecule has 0 aliphatic carbocycles. The van der Waals surface area contributed by atoms with Gasteiger partial charge >= 0.3 is 12.0 Å².